The highest BCUT2D eigenvalue weighted by atomic mass is 35.5. The monoisotopic (exact) mass is 257 g/mol. The molecule has 0 aliphatic carbocycles. The predicted octanol–water partition coefficient (Wildman–Crippen LogP) is 4.54. The number of aromatic nitrogens is 1. The number of nitrogens with zero attached hydrogens (tertiary/aromatic N) is 1. The fourth-order valence-electron chi connectivity index (χ4n) is 1.94. The van der Waals surface area contributed by atoms with Gasteiger partial charge in [0.05, 0.1) is 0 Å². The van der Waals surface area contributed by atoms with Gasteiger partial charge in [0.2, 0.25) is 5.89 Å². The number of fused-ring (bicyclic) bond motifs is 1. The van der Waals surface area contributed by atoms with Crippen molar-refractivity contribution in [1.29, 1.82) is 0 Å². The Labute approximate surface area is 110 Å². The van der Waals surface area contributed by atoms with Crippen molar-refractivity contribution in [3.05, 3.63) is 53.6 Å². The molecule has 0 N–H and O–H groups in total. The Morgan fingerprint density at radius 3 is 2.89 bits per heavy atom. The quantitative estimate of drug-likeness (QED) is 0.630. The van der Waals surface area contributed by atoms with Crippen LogP contribution in [0.15, 0.2) is 46.9 Å². The summed E-state index contributed by atoms with van der Waals surface area (Å²) in [6.07, 6.45) is 0. The Kier molecular flexibility index (Phi) is 2.80. The van der Waals surface area contributed by atoms with Gasteiger partial charge in [0, 0.05) is 11.4 Å². The molecule has 0 saturated heterocycles. The zero-order chi connectivity index (χ0) is 12.5. The second kappa shape index (κ2) is 4.46. The minimum atomic E-state index is 0.493. The van der Waals surface area contributed by atoms with Gasteiger partial charge in [-0.15, -0.1) is 11.6 Å². The maximum Gasteiger partial charge on any atom is 0.227 e. The number of hydrogen-bond donors (Lipinski definition) is 0. The molecule has 18 heavy (non-hydrogen) atoms. The molecule has 3 heteroatoms. The standard InChI is InChI=1S/C15H12ClNO/c1-10-5-6-13-14(7-10)18-15(17-13)12-4-2-3-11(8-12)9-16/h2-8H,9H2,1H3. The summed E-state index contributed by atoms with van der Waals surface area (Å²) >= 11 is 5.83. The van der Waals surface area contributed by atoms with Gasteiger partial charge >= 0.3 is 0 Å². The van der Waals surface area contributed by atoms with Crippen molar-refractivity contribution in [1.82, 2.24) is 4.98 Å². The summed E-state index contributed by atoms with van der Waals surface area (Å²) < 4.78 is 5.78. The van der Waals surface area contributed by atoms with E-state index in [0.29, 0.717) is 11.8 Å². The molecule has 2 aromatic carbocycles. The van der Waals surface area contributed by atoms with E-state index in [-0.39, 0.29) is 0 Å². The van der Waals surface area contributed by atoms with E-state index in [0.717, 1.165) is 22.2 Å². The first-order chi connectivity index (χ1) is 8.76. The zero-order valence-corrected chi connectivity index (χ0v) is 10.7. The Morgan fingerprint density at radius 1 is 1.17 bits per heavy atom. The van der Waals surface area contributed by atoms with Gasteiger partial charge in [0.1, 0.15) is 5.52 Å². The summed E-state index contributed by atoms with van der Waals surface area (Å²) in [5.41, 5.74) is 4.89. The minimum absolute atomic E-state index is 0.493. The molecule has 0 saturated carbocycles. The van der Waals surface area contributed by atoms with Gasteiger partial charge in [-0.2, -0.15) is 0 Å². The first-order valence-corrected chi connectivity index (χ1v) is 6.32. The molecule has 1 heterocycles. The second-order valence-electron chi connectivity index (χ2n) is 4.32. The second-order valence-corrected chi connectivity index (χ2v) is 4.59. The van der Waals surface area contributed by atoms with Crippen LogP contribution in [-0.4, -0.2) is 4.98 Å². The maximum atomic E-state index is 5.83. The first kappa shape index (κ1) is 11.3. The van der Waals surface area contributed by atoms with E-state index < -0.39 is 0 Å². The number of aryl methyl sites for hydroxylation is 1. The van der Waals surface area contributed by atoms with Gasteiger partial charge in [-0.1, -0.05) is 18.2 Å². The molecule has 3 rings (SSSR count). The summed E-state index contributed by atoms with van der Waals surface area (Å²) in [7, 11) is 0. The molecule has 0 atom stereocenters. The van der Waals surface area contributed by atoms with E-state index in [1.54, 1.807) is 0 Å². The molecule has 0 unspecified atom stereocenters. The molecule has 2 nitrogen and oxygen atoms in total. The van der Waals surface area contributed by atoms with Crippen LogP contribution in [0.5, 0.6) is 0 Å². The summed E-state index contributed by atoms with van der Waals surface area (Å²) in [6, 6.07) is 13.9. The number of oxazole rings is 1. The Morgan fingerprint density at radius 2 is 2.06 bits per heavy atom. The third-order valence-corrected chi connectivity index (χ3v) is 3.18. The lowest BCUT2D eigenvalue weighted by molar-refractivity contribution is 0.619. The lowest BCUT2D eigenvalue weighted by Crippen LogP contribution is -1.81. The highest BCUT2D eigenvalue weighted by Gasteiger charge is 2.08. The molecule has 0 radical (unpaired) electrons. The third kappa shape index (κ3) is 2.00. The van der Waals surface area contributed by atoms with Crippen LogP contribution < -0.4 is 0 Å². The van der Waals surface area contributed by atoms with E-state index >= 15 is 0 Å². The summed E-state index contributed by atoms with van der Waals surface area (Å²) in [6.45, 7) is 2.04. The van der Waals surface area contributed by atoms with Crippen LogP contribution in [0.25, 0.3) is 22.6 Å². The van der Waals surface area contributed by atoms with Crippen molar-refractivity contribution in [3.63, 3.8) is 0 Å². The van der Waals surface area contributed by atoms with Crippen LogP contribution in [0, 0.1) is 6.92 Å². The van der Waals surface area contributed by atoms with Gasteiger partial charge < -0.3 is 4.42 Å². The summed E-state index contributed by atoms with van der Waals surface area (Å²) in [5, 5.41) is 0. The van der Waals surface area contributed by atoms with Gasteiger partial charge in [0.25, 0.3) is 0 Å². The molecule has 3 aromatic rings. The molecule has 0 bridgehead atoms. The lowest BCUT2D eigenvalue weighted by Gasteiger charge is -1.97. The number of rotatable bonds is 2. The van der Waals surface area contributed by atoms with Gasteiger partial charge in [-0.05, 0) is 42.3 Å². The normalized spacial score (nSPS) is 11.0. The van der Waals surface area contributed by atoms with Crippen molar-refractivity contribution >= 4 is 22.7 Å². The maximum absolute atomic E-state index is 5.83. The molecule has 90 valence electrons. The molecule has 0 aliphatic heterocycles. The smallest absolute Gasteiger partial charge is 0.227 e. The highest BCUT2D eigenvalue weighted by molar-refractivity contribution is 6.17. The van der Waals surface area contributed by atoms with E-state index in [4.69, 9.17) is 16.0 Å². The van der Waals surface area contributed by atoms with Crippen molar-refractivity contribution in [3.8, 4) is 11.5 Å². The number of benzene rings is 2. The highest BCUT2D eigenvalue weighted by Crippen LogP contribution is 2.25. The molecule has 1 aromatic heterocycles. The molecule has 0 amide bonds. The fraction of sp³-hybridized carbons (Fsp3) is 0.133. The first-order valence-electron chi connectivity index (χ1n) is 5.79. The van der Waals surface area contributed by atoms with Gasteiger partial charge in [0.15, 0.2) is 5.58 Å². The van der Waals surface area contributed by atoms with Crippen molar-refractivity contribution in [2.75, 3.05) is 0 Å². The molecular weight excluding hydrogens is 246 g/mol. The Hall–Kier alpha value is -1.80. The van der Waals surface area contributed by atoms with Crippen molar-refractivity contribution in [2.45, 2.75) is 12.8 Å². The average Bonchev–Trinajstić information content (AvgIpc) is 2.81. The lowest BCUT2D eigenvalue weighted by atomic mass is 10.1. The van der Waals surface area contributed by atoms with Crippen LogP contribution in [0.4, 0.5) is 0 Å². The summed E-state index contributed by atoms with van der Waals surface area (Å²) in [4.78, 5) is 4.49. The Balaban J connectivity index is 2.13. The van der Waals surface area contributed by atoms with Crippen LogP contribution in [-0.2, 0) is 5.88 Å². The zero-order valence-electron chi connectivity index (χ0n) is 9.98. The molecule has 0 spiro atoms. The van der Waals surface area contributed by atoms with E-state index in [1.165, 1.54) is 5.56 Å². The summed E-state index contributed by atoms with van der Waals surface area (Å²) in [5.74, 6) is 1.13. The fourth-order valence-corrected chi connectivity index (χ4v) is 2.11. The van der Waals surface area contributed by atoms with E-state index in [2.05, 4.69) is 4.98 Å². The van der Waals surface area contributed by atoms with Gasteiger partial charge in [-0.25, -0.2) is 4.98 Å². The van der Waals surface area contributed by atoms with E-state index in [9.17, 15) is 0 Å². The van der Waals surface area contributed by atoms with E-state index in [1.807, 2.05) is 49.4 Å². The predicted molar refractivity (Wildman–Crippen MR) is 73.7 cm³/mol. The molecular formula is C15H12ClNO. The largest absolute Gasteiger partial charge is 0.436 e. The topological polar surface area (TPSA) is 26.0 Å². The molecule has 0 fully saturated rings. The molecule has 0 aliphatic rings. The van der Waals surface area contributed by atoms with Crippen LogP contribution in [0.2, 0.25) is 0 Å². The number of halogens is 1. The third-order valence-electron chi connectivity index (χ3n) is 2.87. The van der Waals surface area contributed by atoms with Gasteiger partial charge in [-0.3, -0.25) is 0 Å². The van der Waals surface area contributed by atoms with Crippen molar-refractivity contribution < 1.29 is 4.42 Å². The van der Waals surface area contributed by atoms with Crippen molar-refractivity contribution in [2.24, 2.45) is 0 Å². The minimum Gasteiger partial charge on any atom is -0.436 e. The number of alkyl halides is 1. The average molecular weight is 258 g/mol. The SMILES string of the molecule is Cc1ccc2nc(-c3cccc(CCl)c3)oc2c1. The Bertz CT molecular complexity index is 703. The number of hydrogen-bond acceptors (Lipinski definition) is 2. The van der Waals surface area contributed by atoms with Crippen LogP contribution in [0.3, 0.4) is 0 Å². The van der Waals surface area contributed by atoms with Crippen LogP contribution >= 0.6 is 11.6 Å². The van der Waals surface area contributed by atoms with Crippen LogP contribution in [0.1, 0.15) is 11.1 Å².